The average molecular weight is 360 g/mol. The maximum Gasteiger partial charge on any atom is 0.302 e. The van der Waals surface area contributed by atoms with E-state index >= 15 is 0 Å². The summed E-state index contributed by atoms with van der Waals surface area (Å²) in [6, 6.07) is 0. The van der Waals surface area contributed by atoms with Crippen LogP contribution in [0.5, 0.6) is 0 Å². The van der Waals surface area contributed by atoms with Gasteiger partial charge in [-0.1, -0.05) is 36.3 Å². The van der Waals surface area contributed by atoms with E-state index in [0.29, 0.717) is 18.4 Å². The maximum absolute atomic E-state index is 11.9. The third-order valence-corrected chi connectivity index (χ3v) is 5.00. The molecule has 0 aromatic heterocycles. The number of rotatable bonds is 7. The van der Waals surface area contributed by atoms with Gasteiger partial charge in [-0.25, -0.2) is 0 Å². The molecule has 0 bridgehead atoms. The van der Waals surface area contributed by atoms with Crippen LogP contribution in [0.3, 0.4) is 0 Å². The molecule has 4 atom stereocenters. The van der Waals surface area contributed by atoms with Crippen molar-refractivity contribution in [1.82, 2.24) is 0 Å². The van der Waals surface area contributed by atoms with Crippen LogP contribution >= 0.6 is 0 Å². The number of allylic oxidation sites excluding steroid dienone is 5. The van der Waals surface area contributed by atoms with Gasteiger partial charge in [0.1, 0.15) is 18.7 Å². The standard InChI is InChI=1S/C22H32O4/c1-15(2)8-6-10-17(4)22-20(14-24)19(13-23)11-7-9-16(3)12-21(22)26-18(5)25/h8-9,11,13-14,17,20-22H,6-7,10,12H2,1-5H3/b16-9+,19-11-/t17?,20-,21+,22+/m0/s1. The summed E-state index contributed by atoms with van der Waals surface area (Å²) in [5.74, 6) is -1.01. The average Bonchev–Trinajstić information content (AvgIpc) is 2.61. The molecule has 1 unspecified atom stereocenters. The molecule has 144 valence electrons. The Balaban J connectivity index is 3.28. The fourth-order valence-electron chi connectivity index (χ4n) is 3.70. The zero-order chi connectivity index (χ0) is 19.7. The molecule has 1 rings (SSSR count). The summed E-state index contributed by atoms with van der Waals surface area (Å²) >= 11 is 0. The van der Waals surface area contributed by atoms with E-state index < -0.39 is 12.0 Å². The van der Waals surface area contributed by atoms with Crippen molar-refractivity contribution < 1.29 is 19.1 Å². The molecule has 0 aromatic carbocycles. The van der Waals surface area contributed by atoms with Gasteiger partial charge in [-0.2, -0.15) is 0 Å². The maximum atomic E-state index is 11.9. The molecule has 0 aromatic rings. The normalized spacial score (nSPS) is 28.7. The van der Waals surface area contributed by atoms with Crippen molar-refractivity contribution in [2.45, 2.75) is 66.4 Å². The van der Waals surface area contributed by atoms with Gasteiger partial charge in [-0.3, -0.25) is 9.59 Å². The van der Waals surface area contributed by atoms with E-state index in [1.165, 1.54) is 12.5 Å². The monoisotopic (exact) mass is 360 g/mol. The third-order valence-electron chi connectivity index (χ3n) is 5.00. The fraction of sp³-hybridized carbons (Fsp3) is 0.591. The van der Waals surface area contributed by atoms with E-state index in [9.17, 15) is 14.4 Å². The highest BCUT2D eigenvalue weighted by atomic mass is 16.5. The van der Waals surface area contributed by atoms with Crippen LogP contribution in [0.2, 0.25) is 0 Å². The van der Waals surface area contributed by atoms with Crippen LogP contribution < -0.4 is 0 Å². The van der Waals surface area contributed by atoms with Gasteiger partial charge in [0.25, 0.3) is 0 Å². The highest BCUT2D eigenvalue weighted by Gasteiger charge is 2.37. The summed E-state index contributed by atoms with van der Waals surface area (Å²) in [5.41, 5.74) is 2.84. The molecule has 1 aliphatic carbocycles. The van der Waals surface area contributed by atoms with Crippen molar-refractivity contribution in [3.8, 4) is 0 Å². The molecular formula is C22H32O4. The smallest absolute Gasteiger partial charge is 0.302 e. The van der Waals surface area contributed by atoms with Crippen molar-refractivity contribution in [3.63, 3.8) is 0 Å². The van der Waals surface area contributed by atoms with Crippen LogP contribution in [0.15, 0.2) is 34.9 Å². The number of ether oxygens (including phenoxy) is 1. The molecule has 4 heteroatoms. The van der Waals surface area contributed by atoms with E-state index in [4.69, 9.17) is 4.74 Å². The van der Waals surface area contributed by atoms with Crippen molar-refractivity contribution in [3.05, 3.63) is 34.9 Å². The minimum absolute atomic E-state index is 0.124. The molecule has 0 saturated heterocycles. The predicted molar refractivity (Wildman–Crippen MR) is 104 cm³/mol. The fourth-order valence-corrected chi connectivity index (χ4v) is 3.70. The number of hydrogen-bond acceptors (Lipinski definition) is 4. The first-order valence-electron chi connectivity index (χ1n) is 9.36. The molecule has 0 aliphatic heterocycles. The summed E-state index contributed by atoms with van der Waals surface area (Å²) in [4.78, 5) is 35.3. The number of esters is 1. The molecule has 1 aliphatic rings. The van der Waals surface area contributed by atoms with E-state index in [1.54, 1.807) is 0 Å². The second-order valence-electron chi connectivity index (χ2n) is 7.54. The largest absolute Gasteiger partial charge is 0.462 e. The lowest BCUT2D eigenvalue weighted by Crippen LogP contribution is -2.38. The molecule has 0 fully saturated rings. The summed E-state index contributed by atoms with van der Waals surface area (Å²) in [6.07, 6.45) is 10.2. The first-order chi connectivity index (χ1) is 12.3. The van der Waals surface area contributed by atoms with Crippen LogP contribution in [-0.4, -0.2) is 24.6 Å². The molecule has 0 spiro atoms. The first-order valence-corrected chi connectivity index (χ1v) is 9.36. The lowest BCUT2D eigenvalue weighted by molar-refractivity contribution is -0.152. The Kier molecular flexibility index (Phi) is 9.25. The van der Waals surface area contributed by atoms with Gasteiger partial charge in [-0.15, -0.1) is 0 Å². The Morgan fingerprint density at radius 3 is 2.50 bits per heavy atom. The van der Waals surface area contributed by atoms with Crippen molar-refractivity contribution in [2.75, 3.05) is 0 Å². The van der Waals surface area contributed by atoms with E-state index in [0.717, 1.165) is 31.0 Å². The third kappa shape index (κ3) is 6.74. The van der Waals surface area contributed by atoms with E-state index in [-0.39, 0.29) is 17.8 Å². The number of carbonyl (C=O) groups excluding carboxylic acids is 3. The Bertz CT molecular complexity index is 593. The summed E-state index contributed by atoms with van der Waals surface area (Å²) in [7, 11) is 0. The minimum atomic E-state index is -0.558. The number of carbonyl (C=O) groups is 3. The molecule has 0 saturated carbocycles. The van der Waals surface area contributed by atoms with E-state index in [1.807, 2.05) is 19.1 Å². The topological polar surface area (TPSA) is 60.4 Å². The second kappa shape index (κ2) is 10.9. The summed E-state index contributed by atoms with van der Waals surface area (Å²) in [6.45, 7) is 9.58. The predicted octanol–water partition coefficient (Wildman–Crippen LogP) is 4.60. The zero-order valence-corrected chi connectivity index (χ0v) is 16.7. The Morgan fingerprint density at radius 2 is 1.96 bits per heavy atom. The molecular weight excluding hydrogens is 328 g/mol. The van der Waals surface area contributed by atoms with Crippen molar-refractivity contribution in [1.29, 1.82) is 0 Å². The lowest BCUT2D eigenvalue weighted by atomic mass is 9.73. The van der Waals surface area contributed by atoms with Crippen LogP contribution in [0, 0.1) is 17.8 Å². The molecule has 0 radical (unpaired) electrons. The summed E-state index contributed by atoms with van der Waals surface area (Å²) < 4.78 is 5.64. The van der Waals surface area contributed by atoms with Gasteiger partial charge < -0.3 is 9.53 Å². The van der Waals surface area contributed by atoms with Crippen molar-refractivity contribution >= 4 is 18.5 Å². The number of aldehydes is 2. The minimum Gasteiger partial charge on any atom is -0.462 e. The molecule has 0 amide bonds. The molecule has 26 heavy (non-hydrogen) atoms. The quantitative estimate of drug-likeness (QED) is 0.378. The summed E-state index contributed by atoms with van der Waals surface area (Å²) in [5, 5.41) is 0. The van der Waals surface area contributed by atoms with Gasteiger partial charge in [0.2, 0.25) is 0 Å². The highest BCUT2D eigenvalue weighted by Crippen LogP contribution is 2.36. The lowest BCUT2D eigenvalue weighted by Gasteiger charge is -2.35. The first kappa shape index (κ1) is 22.1. The Labute approximate surface area is 157 Å². The molecule has 0 heterocycles. The van der Waals surface area contributed by atoms with Crippen LogP contribution in [0.1, 0.15) is 60.3 Å². The van der Waals surface area contributed by atoms with Crippen LogP contribution in [0.4, 0.5) is 0 Å². The van der Waals surface area contributed by atoms with Crippen molar-refractivity contribution in [2.24, 2.45) is 17.8 Å². The van der Waals surface area contributed by atoms with Gasteiger partial charge in [0, 0.05) is 25.2 Å². The van der Waals surface area contributed by atoms with Gasteiger partial charge in [0.15, 0.2) is 0 Å². The highest BCUT2D eigenvalue weighted by molar-refractivity contribution is 5.81. The molecule has 4 nitrogen and oxygen atoms in total. The second-order valence-corrected chi connectivity index (χ2v) is 7.54. The Hall–Kier alpha value is -1.97. The van der Waals surface area contributed by atoms with E-state index in [2.05, 4.69) is 26.8 Å². The zero-order valence-electron chi connectivity index (χ0n) is 16.7. The van der Waals surface area contributed by atoms with Crippen LogP contribution in [-0.2, 0) is 19.1 Å². The van der Waals surface area contributed by atoms with Gasteiger partial charge >= 0.3 is 5.97 Å². The van der Waals surface area contributed by atoms with Gasteiger partial charge in [0.05, 0.1) is 0 Å². The Morgan fingerprint density at radius 1 is 1.27 bits per heavy atom. The SMILES string of the molecule is CC(=O)O[C@@H]1C/C(C)=C/C/C=C(/C=O)[C@H](C=O)[C@H]1C(C)CCC=C(C)C. The molecule has 0 N–H and O–H groups in total. The van der Waals surface area contributed by atoms with Gasteiger partial charge in [-0.05, 0) is 51.5 Å². The number of hydrogen-bond donors (Lipinski definition) is 0. The van der Waals surface area contributed by atoms with Crippen LogP contribution in [0.25, 0.3) is 0 Å².